The first-order chi connectivity index (χ1) is 7.93. The SMILES string of the molecule is c1csc(C2=NNC(c3cccs3)=NN2)c1. The van der Waals surface area contributed by atoms with Gasteiger partial charge in [-0.05, 0) is 22.9 Å². The van der Waals surface area contributed by atoms with E-state index < -0.39 is 0 Å². The Morgan fingerprint density at radius 3 is 1.62 bits per heavy atom. The summed E-state index contributed by atoms with van der Waals surface area (Å²) in [5.74, 6) is 1.52. The van der Waals surface area contributed by atoms with Crippen molar-refractivity contribution in [3.05, 3.63) is 44.8 Å². The van der Waals surface area contributed by atoms with Crippen LogP contribution in [0, 0.1) is 0 Å². The van der Waals surface area contributed by atoms with E-state index in [1.807, 2.05) is 35.0 Å². The van der Waals surface area contributed by atoms with Gasteiger partial charge in [-0.3, -0.25) is 10.9 Å². The van der Waals surface area contributed by atoms with Gasteiger partial charge in [0.2, 0.25) is 0 Å². The molecule has 0 atom stereocenters. The minimum atomic E-state index is 0.760. The van der Waals surface area contributed by atoms with Crippen LogP contribution in [-0.2, 0) is 0 Å². The Balaban J connectivity index is 1.79. The summed E-state index contributed by atoms with van der Waals surface area (Å²) in [6.45, 7) is 0. The highest BCUT2D eigenvalue weighted by Crippen LogP contribution is 2.12. The van der Waals surface area contributed by atoms with Gasteiger partial charge in [0.1, 0.15) is 0 Å². The van der Waals surface area contributed by atoms with Crippen molar-refractivity contribution in [2.75, 3.05) is 0 Å². The number of thiophene rings is 2. The van der Waals surface area contributed by atoms with E-state index >= 15 is 0 Å². The summed E-state index contributed by atoms with van der Waals surface area (Å²) in [6, 6.07) is 7.99. The molecule has 0 radical (unpaired) electrons. The summed E-state index contributed by atoms with van der Waals surface area (Å²) in [4.78, 5) is 2.14. The molecule has 0 spiro atoms. The van der Waals surface area contributed by atoms with Gasteiger partial charge in [-0.1, -0.05) is 12.1 Å². The molecular formula is C10H8N4S2. The first-order valence-corrected chi connectivity index (χ1v) is 6.44. The smallest absolute Gasteiger partial charge is 0.183 e. The van der Waals surface area contributed by atoms with E-state index in [9.17, 15) is 0 Å². The lowest BCUT2D eigenvalue weighted by atomic mass is 10.4. The van der Waals surface area contributed by atoms with Gasteiger partial charge in [0.05, 0.1) is 9.75 Å². The number of rotatable bonds is 2. The molecule has 0 saturated carbocycles. The summed E-state index contributed by atoms with van der Waals surface area (Å²) in [5.41, 5.74) is 5.90. The Morgan fingerprint density at radius 2 is 1.31 bits per heavy atom. The molecule has 16 heavy (non-hydrogen) atoms. The molecule has 6 heteroatoms. The fourth-order valence-electron chi connectivity index (χ4n) is 1.31. The predicted molar refractivity (Wildman–Crippen MR) is 68.0 cm³/mol. The predicted octanol–water partition coefficient (Wildman–Crippen LogP) is 2.03. The van der Waals surface area contributed by atoms with E-state index in [2.05, 4.69) is 21.1 Å². The Bertz CT molecular complexity index is 475. The van der Waals surface area contributed by atoms with Crippen molar-refractivity contribution >= 4 is 34.3 Å². The van der Waals surface area contributed by atoms with Gasteiger partial charge in [-0.15, -0.1) is 22.7 Å². The molecule has 0 aromatic carbocycles. The second-order valence-corrected chi connectivity index (χ2v) is 4.99. The zero-order valence-electron chi connectivity index (χ0n) is 8.18. The molecule has 0 amide bonds. The number of hydrogen-bond acceptors (Lipinski definition) is 6. The van der Waals surface area contributed by atoms with E-state index in [1.54, 1.807) is 22.7 Å². The van der Waals surface area contributed by atoms with Crippen LogP contribution in [0.2, 0.25) is 0 Å². The average molecular weight is 248 g/mol. The monoisotopic (exact) mass is 248 g/mol. The Labute approximate surface area is 100 Å². The van der Waals surface area contributed by atoms with Gasteiger partial charge in [0, 0.05) is 0 Å². The Hall–Kier alpha value is -1.66. The van der Waals surface area contributed by atoms with Crippen molar-refractivity contribution in [1.29, 1.82) is 0 Å². The Morgan fingerprint density at radius 1 is 0.812 bits per heavy atom. The van der Waals surface area contributed by atoms with Gasteiger partial charge in [0.15, 0.2) is 11.7 Å². The summed E-state index contributed by atoms with van der Waals surface area (Å²) >= 11 is 3.26. The highest BCUT2D eigenvalue weighted by Gasteiger charge is 2.12. The van der Waals surface area contributed by atoms with Crippen LogP contribution in [0.25, 0.3) is 0 Å². The zero-order chi connectivity index (χ0) is 10.8. The lowest BCUT2D eigenvalue weighted by molar-refractivity contribution is 0.888. The van der Waals surface area contributed by atoms with E-state index in [-0.39, 0.29) is 0 Å². The summed E-state index contributed by atoms with van der Waals surface area (Å²) in [5, 5.41) is 12.5. The first kappa shape index (κ1) is 9.56. The molecule has 0 aliphatic carbocycles. The quantitative estimate of drug-likeness (QED) is 0.854. The summed E-state index contributed by atoms with van der Waals surface area (Å²) in [7, 11) is 0. The normalized spacial score (nSPS) is 14.8. The molecule has 4 nitrogen and oxygen atoms in total. The number of amidine groups is 2. The number of nitrogens with one attached hydrogen (secondary N) is 2. The second-order valence-electron chi connectivity index (χ2n) is 3.10. The van der Waals surface area contributed by atoms with Crippen molar-refractivity contribution < 1.29 is 0 Å². The van der Waals surface area contributed by atoms with Gasteiger partial charge >= 0.3 is 0 Å². The first-order valence-electron chi connectivity index (χ1n) is 4.68. The highest BCUT2D eigenvalue weighted by molar-refractivity contribution is 7.12. The van der Waals surface area contributed by atoms with E-state index in [4.69, 9.17) is 0 Å². The number of nitrogens with zero attached hydrogens (tertiary/aromatic N) is 2. The third-order valence-electron chi connectivity index (χ3n) is 2.06. The van der Waals surface area contributed by atoms with Crippen molar-refractivity contribution in [3.8, 4) is 0 Å². The van der Waals surface area contributed by atoms with Crippen LogP contribution in [0.1, 0.15) is 9.75 Å². The lowest BCUT2D eigenvalue weighted by Gasteiger charge is -2.12. The maximum Gasteiger partial charge on any atom is 0.183 e. The van der Waals surface area contributed by atoms with Crippen LogP contribution in [0.5, 0.6) is 0 Å². The molecule has 0 unspecified atom stereocenters. The van der Waals surface area contributed by atoms with Crippen LogP contribution >= 0.6 is 22.7 Å². The third-order valence-corrected chi connectivity index (χ3v) is 3.81. The van der Waals surface area contributed by atoms with Crippen LogP contribution in [0.3, 0.4) is 0 Å². The van der Waals surface area contributed by atoms with Crippen LogP contribution in [0.15, 0.2) is 45.2 Å². The van der Waals surface area contributed by atoms with Crippen LogP contribution < -0.4 is 10.9 Å². The molecule has 3 heterocycles. The van der Waals surface area contributed by atoms with Gasteiger partial charge in [0.25, 0.3) is 0 Å². The summed E-state index contributed by atoms with van der Waals surface area (Å²) < 4.78 is 0. The van der Waals surface area contributed by atoms with E-state index in [1.165, 1.54) is 0 Å². The van der Waals surface area contributed by atoms with Crippen LogP contribution in [-0.4, -0.2) is 11.7 Å². The summed E-state index contributed by atoms with van der Waals surface area (Å²) in [6.07, 6.45) is 0. The van der Waals surface area contributed by atoms with Gasteiger partial charge < -0.3 is 0 Å². The van der Waals surface area contributed by atoms with Crippen molar-refractivity contribution in [2.24, 2.45) is 10.2 Å². The zero-order valence-corrected chi connectivity index (χ0v) is 9.81. The second kappa shape index (κ2) is 4.07. The molecular weight excluding hydrogens is 240 g/mol. The third kappa shape index (κ3) is 1.72. The van der Waals surface area contributed by atoms with Crippen LogP contribution in [0.4, 0.5) is 0 Å². The molecule has 2 N–H and O–H groups in total. The van der Waals surface area contributed by atoms with E-state index in [0.717, 1.165) is 21.4 Å². The molecule has 1 aliphatic heterocycles. The highest BCUT2D eigenvalue weighted by atomic mass is 32.1. The molecule has 3 rings (SSSR count). The molecule has 0 saturated heterocycles. The molecule has 1 aliphatic rings. The maximum atomic E-state index is 4.25. The van der Waals surface area contributed by atoms with Gasteiger partial charge in [-0.2, -0.15) is 10.2 Å². The molecule has 80 valence electrons. The minimum Gasteiger partial charge on any atom is -0.257 e. The fourth-order valence-corrected chi connectivity index (χ4v) is 2.64. The lowest BCUT2D eigenvalue weighted by Crippen LogP contribution is -2.33. The Kier molecular flexibility index (Phi) is 2.43. The van der Waals surface area contributed by atoms with E-state index in [0.29, 0.717) is 0 Å². The molecule has 2 aromatic heterocycles. The standard InChI is InChI=1S/C10H8N4S2/c1-3-7(15-5-1)9-11-13-10(14-12-9)8-4-2-6-16-8/h1-6H,(H,11,12)(H,13,14). The molecule has 0 fully saturated rings. The maximum absolute atomic E-state index is 4.25. The van der Waals surface area contributed by atoms with Gasteiger partial charge in [-0.25, -0.2) is 0 Å². The topological polar surface area (TPSA) is 48.8 Å². The number of hydrazone groups is 2. The van der Waals surface area contributed by atoms with Crippen molar-refractivity contribution in [2.45, 2.75) is 0 Å². The number of hydrogen-bond donors (Lipinski definition) is 2. The molecule has 2 aromatic rings. The van der Waals surface area contributed by atoms with Crippen molar-refractivity contribution in [3.63, 3.8) is 0 Å². The molecule has 0 bridgehead atoms. The largest absolute Gasteiger partial charge is 0.257 e. The van der Waals surface area contributed by atoms with Crippen molar-refractivity contribution in [1.82, 2.24) is 10.9 Å². The minimum absolute atomic E-state index is 0.760. The fraction of sp³-hybridized carbons (Fsp3) is 0. The average Bonchev–Trinajstić information content (AvgIpc) is 3.03.